The van der Waals surface area contributed by atoms with Crippen molar-refractivity contribution < 1.29 is 17.9 Å². The van der Waals surface area contributed by atoms with Crippen LogP contribution < -0.4 is 4.74 Å². The summed E-state index contributed by atoms with van der Waals surface area (Å²) in [6.45, 7) is 1.61. The Bertz CT molecular complexity index is 917. The van der Waals surface area contributed by atoms with Crippen molar-refractivity contribution >= 4 is 5.65 Å². The maximum Gasteiger partial charge on any atom is 0.420 e. The van der Waals surface area contributed by atoms with Crippen LogP contribution in [-0.4, -0.2) is 14.6 Å². The number of pyridine rings is 1. The summed E-state index contributed by atoms with van der Waals surface area (Å²) in [6, 6.07) is 10.3. The summed E-state index contributed by atoms with van der Waals surface area (Å²) in [4.78, 5) is 0. The van der Waals surface area contributed by atoms with Gasteiger partial charge in [-0.3, -0.25) is 4.40 Å². The average Bonchev–Trinajstić information content (AvgIpc) is 3.33. The van der Waals surface area contributed by atoms with Crippen LogP contribution in [0.5, 0.6) is 5.75 Å². The van der Waals surface area contributed by atoms with Crippen LogP contribution in [0.2, 0.25) is 0 Å². The third-order valence-electron chi connectivity index (χ3n) is 4.63. The molecule has 0 bridgehead atoms. The van der Waals surface area contributed by atoms with Gasteiger partial charge in [0.25, 0.3) is 0 Å². The first-order valence-electron chi connectivity index (χ1n) is 8.59. The predicted molar refractivity (Wildman–Crippen MR) is 89.9 cm³/mol. The van der Waals surface area contributed by atoms with Gasteiger partial charge in [-0.2, -0.15) is 13.2 Å². The van der Waals surface area contributed by atoms with Crippen molar-refractivity contribution in [2.24, 2.45) is 5.92 Å². The van der Waals surface area contributed by atoms with Crippen LogP contribution in [0.1, 0.15) is 42.8 Å². The highest BCUT2D eigenvalue weighted by molar-refractivity contribution is 5.54. The number of ether oxygens (including phenoxy) is 1. The number of alkyl halides is 3. The van der Waals surface area contributed by atoms with Gasteiger partial charge in [0, 0.05) is 18.2 Å². The standard InChI is InChI=1S/C19H18F3N3O/c1-12(26-14-5-3-2-4-6-14)15-9-10-25-16(11-13-7-8-13)23-24-18(25)17(15)19(20,21)22/h2-6,9-10,12-13H,7-8,11H2,1H3/t12-/m0/s1. The molecule has 26 heavy (non-hydrogen) atoms. The Kier molecular flexibility index (Phi) is 4.09. The molecule has 0 unspecified atom stereocenters. The van der Waals surface area contributed by atoms with E-state index < -0.39 is 17.8 Å². The van der Waals surface area contributed by atoms with Gasteiger partial charge in [-0.25, -0.2) is 0 Å². The molecule has 0 amide bonds. The summed E-state index contributed by atoms with van der Waals surface area (Å²) in [7, 11) is 0. The van der Waals surface area contributed by atoms with E-state index >= 15 is 0 Å². The van der Waals surface area contributed by atoms with Gasteiger partial charge in [0.15, 0.2) is 5.65 Å². The number of fused-ring (bicyclic) bond motifs is 1. The molecule has 4 rings (SSSR count). The molecular weight excluding hydrogens is 343 g/mol. The zero-order valence-corrected chi connectivity index (χ0v) is 14.2. The minimum Gasteiger partial charge on any atom is -0.486 e. The molecule has 0 spiro atoms. The number of hydrogen-bond donors (Lipinski definition) is 0. The van der Waals surface area contributed by atoms with Crippen LogP contribution in [-0.2, 0) is 12.6 Å². The Balaban J connectivity index is 1.76. The van der Waals surface area contributed by atoms with Gasteiger partial charge in [0.2, 0.25) is 0 Å². The Morgan fingerprint density at radius 2 is 1.88 bits per heavy atom. The fraction of sp³-hybridized carbons (Fsp3) is 0.368. The highest BCUT2D eigenvalue weighted by Gasteiger charge is 2.39. The fourth-order valence-corrected chi connectivity index (χ4v) is 3.13. The molecule has 0 radical (unpaired) electrons. The van der Waals surface area contributed by atoms with Crippen LogP contribution in [0.15, 0.2) is 42.6 Å². The second kappa shape index (κ2) is 6.30. The molecule has 4 nitrogen and oxygen atoms in total. The molecule has 2 aromatic heterocycles. The smallest absolute Gasteiger partial charge is 0.420 e. The zero-order chi connectivity index (χ0) is 18.3. The van der Waals surface area contributed by atoms with Crippen molar-refractivity contribution in [3.8, 4) is 5.75 Å². The number of para-hydroxylation sites is 1. The van der Waals surface area contributed by atoms with Crippen LogP contribution in [0, 0.1) is 5.92 Å². The first kappa shape index (κ1) is 16.9. The third-order valence-corrected chi connectivity index (χ3v) is 4.63. The Labute approximate surface area is 148 Å². The molecule has 1 saturated carbocycles. The Hall–Kier alpha value is -2.57. The maximum atomic E-state index is 13.8. The van der Waals surface area contributed by atoms with Crippen molar-refractivity contribution in [1.82, 2.24) is 14.6 Å². The van der Waals surface area contributed by atoms with Gasteiger partial charge in [0.05, 0.1) is 0 Å². The predicted octanol–water partition coefficient (Wildman–Crippen LogP) is 4.84. The van der Waals surface area contributed by atoms with Gasteiger partial charge in [-0.05, 0) is 43.9 Å². The van der Waals surface area contributed by atoms with E-state index in [4.69, 9.17) is 4.74 Å². The summed E-state index contributed by atoms with van der Waals surface area (Å²) >= 11 is 0. The zero-order valence-electron chi connectivity index (χ0n) is 14.2. The molecule has 1 fully saturated rings. The fourth-order valence-electron chi connectivity index (χ4n) is 3.13. The molecule has 0 N–H and O–H groups in total. The SMILES string of the molecule is C[C@H](Oc1ccccc1)c1ccn2c(CC3CC3)nnc2c1C(F)(F)F. The molecule has 7 heteroatoms. The highest BCUT2D eigenvalue weighted by atomic mass is 19.4. The van der Waals surface area contributed by atoms with E-state index in [1.807, 2.05) is 6.07 Å². The van der Waals surface area contributed by atoms with Crippen molar-refractivity contribution in [3.63, 3.8) is 0 Å². The van der Waals surface area contributed by atoms with Gasteiger partial charge in [0.1, 0.15) is 23.2 Å². The molecule has 1 aromatic carbocycles. The summed E-state index contributed by atoms with van der Waals surface area (Å²) in [5.41, 5.74) is -0.883. The topological polar surface area (TPSA) is 39.4 Å². The summed E-state index contributed by atoms with van der Waals surface area (Å²) in [6.07, 6.45) is -0.850. The van der Waals surface area contributed by atoms with Crippen molar-refractivity contribution in [1.29, 1.82) is 0 Å². The molecule has 1 aliphatic rings. The lowest BCUT2D eigenvalue weighted by atomic mass is 10.0. The first-order chi connectivity index (χ1) is 12.4. The van der Waals surface area contributed by atoms with E-state index in [1.54, 1.807) is 37.4 Å². The van der Waals surface area contributed by atoms with Gasteiger partial charge >= 0.3 is 6.18 Å². The molecular formula is C19H18F3N3O. The molecule has 2 heterocycles. The summed E-state index contributed by atoms with van der Waals surface area (Å²) in [5, 5.41) is 7.86. The van der Waals surface area contributed by atoms with Gasteiger partial charge < -0.3 is 4.74 Å². The molecule has 0 aliphatic heterocycles. The van der Waals surface area contributed by atoms with E-state index in [0.29, 0.717) is 23.9 Å². The quantitative estimate of drug-likeness (QED) is 0.653. The first-order valence-corrected chi connectivity index (χ1v) is 8.59. The lowest BCUT2D eigenvalue weighted by molar-refractivity contribution is -0.138. The third kappa shape index (κ3) is 3.25. The molecule has 136 valence electrons. The minimum absolute atomic E-state index is 0.0548. The molecule has 1 aliphatic carbocycles. The second-order valence-corrected chi connectivity index (χ2v) is 6.67. The number of hydrogen-bond acceptors (Lipinski definition) is 3. The van der Waals surface area contributed by atoms with E-state index in [1.165, 1.54) is 10.5 Å². The molecule has 0 saturated heterocycles. The Morgan fingerprint density at radius 3 is 2.54 bits per heavy atom. The second-order valence-electron chi connectivity index (χ2n) is 6.67. The van der Waals surface area contributed by atoms with Crippen LogP contribution in [0.4, 0.5) is 13.2 Å². The number of aromatic nitrogens is 3. The van der Waals surface area contributed by atoms with Crippen molar-refractivity contribution in [2.75, 3.05) is 0 Å². The largest absolute Gasteiger partial charge is 0.486 e. The number of nitrogens with zero attached hydrogens (tertiary/aromatic N) is 3. The summed E-state index contributed by atoms with van der Waals surface area (Å²) in [5.74, 6) is 1.61. The number of benzene rings is 1. The monoisotopic (exact) mass is 361 g/mol. The summed E-state index contributed by atoms with van der Waals surface area (Å²) < 4.78 is 48.6. The van der Waals surface area contributed by atoms with Crippen LogP contribution in [0.3, 0.4) is 0 Å². The lowest BCUT2D eigenvalue weighted by Crippen LogP contribution is -2.16. The normalized spacial score (nSPS) is 16.0. The van der Waals surface area contributed by atoms with Crippen molar-refractivity contribution in [2.45, 2.75) is 38.5 Å². The molecule has 3 aromatic rings. The number of halogens is 3. The Morgan fingerprint density at radius 1 is 1.15 bits per heavy atom. The highest BCUT2D eigenvalue weighted by Crippen LogP contribution is 2.39. The minimum atomic E-state index is -4.55. The van der Waals surface area contributed by atoms with E-state index in [0.717, 1.165) is 12.8 Å². The van der Waals surface area contributed by atoms with Gasteiger partial charge in [-0.15, -0.1) is 10.2 Å². The van der Waals surface area contributed by atoms with Crippen molar-refractivity contribution in [3.05, 3.63) is 59.5 Å². The van der Waals surface area contributed by atoms with E-state index in [-0.39, 0.29) is 11.2 Å². The lowest BCUT2D eigenvalue weighted by Gasteiger charge is -2.20. The van der Waals surface area contributed by atoms with E-state index in [9.17, 15) is 13.2 Å². The van der Waals surface area contributed by atoms with Crippen LogP contribution in [0.25, 0.3) is 5.65 Å². The molecule has 1 atom stereocenters. The van der Waals surface area contributed by atoms with Gasteiger partial charge in [-0.1, -0.05) is 18.2 Å². The number of rotatable bonds is 5. The van der Waals surface area contributed by atoms with E-state index in [2.05, 4.69) is 10.2 Å². The average molecular weight is 361 g/mol. The van der Waals surface area contributed by atoms with Crippen LogP contribution >= 0.6 is 0 Å². The maximum absolute atomic E-state index is 13.8.